The smallest absolute Gasteiger partial charge is 0.314 e. The Bertz CT molecular complexity index is 656. The summed E-state index contributed by atoms with van der Waals surface area (Å²) in [5.74, 6) is -0.345. The van der Waals surface area contributed by atoms with E-state index in [2.05, 4.69) is 4.98 Å². The number of hydrogen-bond acceptors (Lipinski definition) is 2. The zero-order valence-corrected chi connectivity index (χ0v) is 9.94. The molecule has 0 spiro atoms. The van der Waals surface area contributed by atoms with E-state index in [1.807, 2.05) is 6.92 Å². The summed E-state index contributed by atoms with van der Waals surface area (Å²) < 4.78 is 13.9. The van der Waals surface area contributed by atoms with Gasteiger partial charge in [-0.1, -0.05) is 19.1 Å². The second-order valence-electron chi connectivity index (χ2n) is 3.99. The Morgan fingerprint density at radius 1 is 1.22 bits per heavy atom. The minimum absolute atomic E-state index is 0.141. The van der Waals surface area contributed by atoms with Crippen LogP contribution in [0.5, 0.6) is 0 Å². The van der Waals surface area contributed by atoms with Crippen molar-refractivity contribution in [1.29, 1.82) is 0 Å². The first-order valence-corrected chi connectivity index (χ1v) is 5.67. The van der Waals surface area contributed by atoms with E-state index in [1.165, 1.54) is 18.3 Å². The molecule has 1 heterocycles. The van der Waals surface area contributed by atoms with Crippen molar-refractivity contribution in [1.82, 2.24) is 9.55 Å². The second kappa shape index (κ2) is 5.00. The van der Waals surface area contributed by atoms with Crippen molar-refractivity contribution < 1.29 is 4.39 Å². The summed E-state index contributed by atoms with van der Waals surface area (Å²) in [7, 11) is 0. The maximum absolute atomic E-state index is 12.8. The van der Waals surface area contributed by atoms with Gasteiger partial charge in [0.15, 0.2) is 0 Å². The molecule has 1 aromatic carbocycles. The first kappa shape index (κ1) is 12.3. The summed E-state index contributed by atoms with van der Waals surface area (Å²) in [6, 6.07) is 5.72. The molecule has 18 heavy (non-hydrogen) atoms. The van der Waals surface area contributed by atoms with E-state index in [-0.39, 0.29) is 17.9 Å². The molecule has 0 saturated heterocycles. The van der Waals surface area contributed by atoms with Crippen molar-refractivity contribution in [3.63, 3.8) is 0 Å². The topological polar surface area (TPSA) is 54.9 Å². The van der Waals surface area contributed by atoms with Crippen LogP contribution in [-0.2, 0) is 13.0 Å². The number of H-pyrrole nitrogens is 1. The molecule has 0 atom stereocenters. The number of aromatic amines is 1. The van der Waals surface area contributed by atoms with Crippen molar-refractivity contribution in [2.24, 2.45) is 0 Å². The Morgan fingerprint density at radius 2 is 1.89 bits per heavy atom. The quantitative estimate of drug-likeness (QED) is 0.889. The Hall–Kier alpha value is -2.17. The zero-order chi connectivity index (χ0) is 13.1. The fraction of sp³-hybridized carbons (Fsp3) is 0.231. The van der Waals surface area contributed by atoms with Gasteiger partial charge in [0, 0.05) is 11.8 Å². The van der Waals surface area contributed by atoms with Crippen molar-refractivity contribution in [2.45, 2.75) is 19.9 Å². The molecule has 0 aliphatic heterocycles. The molecule has 0 radical (unpaired) electrons. The average Bonchev–Trinajstić information content (AvgIpc) is 2.37. The van der Waals surface area contributed by atoms with Gasteiger partial charge in [-0.05, 0) is 24.1 Å². The third kappa shape index (κ3) is 2.40. The molecule has 5 heteroatoms. The summed E-state index contributed by atoms with van der Waals surface area (Å²) in [6.07, 6.45) is 1.99. The molecule has 0 aliphatic carbocycles. The summed E-state index contributed by atoms with van der Waals surface area (Å²) in [4.78, 5) is 26.1. The van der Waals surface area contributed by atoms with Crippen LogP contribution in [0.25, 0.3) is 0 Å². The van der Waals surface area contributed by atoms with E-state index in [4.69, 9.17) is 0 Å². The summed E-state index contributed by atoms with van der Waals surface area (Å²) >= 11 is 0. The van der Waals surface area contributed by atoms with Gasteiger partial charge in [-0.25, -0.2) is 9.18 Å². The van der Waals surface area contributed by atoms with Crippen LogP contribution in [0, 0.1) is 5.82 Å². The predicted molar refractivity (Wildman–Crippen MR) is 66.2 cm³/mol. The molecular weight excluding hydrogens is 235 g/mol. The number of aryl methyl sites for hydroxylation is 1. The normalized spacial score (nSPS) is 10.6. The van der Waals surface area contributed by atoms with Gasteiger partial charge in [-0.2, -0.15) is 0 Å². The van der Waals surface area contributed by atoms with Gasteiger partial charge in [0.05, 0.1) is 6.54 Å². The largest absolute Gasteiger partial charge is 0.328 e. The lowest BCUT2D eigenvalue weighted by Gasteiger charge is -2.06. The summed E-state index contributed by atoms with van der Waals surface area (Å²) in [5, 5.41) is 0. The molecule has 1 aromatic heterocycles. The Kier molecular flexibility index (Phi) is 3.41. The highest BCUT2D eigenvalue weighted by atomic mass is 19.1. The van der Waals surface area contributed by atoms with Gasteiger partial charge in [0.25, 0.3) is 5.56 Å². The van der Waals surface area contributed by atoms with E-state index in [0.29, 0.717) is 17.5 Å². The number of rotatable bonds is 3. The average molecular weight is 248 g/mol. The lowest BCUT2D eigenvalue weighted by Crippen LogP contribution is -2.36. The highest BCUT2D eigenvalue weighted by Gasteiger charge is 2.06. The van der Waals surface area contributed by atoms with Gasteiger partial charge < -0.3 is 4.98 Å². The summed E-state index contributed by atoms with van der Waals surface area (Å²) in [6.45, 7) is 1.99. The third-order valence-electron chi connectivity index (χ3n) is 2.77. The van der Waals surface area contributed by atoms with Gasteiger partial charge in [-0.15, -0.1) is 0 Å². The molecule has 2 rings (SSSR count). The maximum atomic E-state index is 12.8. The van der Waals surface area contributed by atoms with E-state index in [9.17, 15) is 14.0 Å². The van der Waals surface area contributed by atoms with Gasteiger partial charge in [0.1, 0.15) is 5.82 Å². The fourth-order valence-corrected chi connectivity index (χ4v) is 1.72. The summed E-state index contributed by atoms with van der Waals surface area (Å²) in [5.41, 5.74) is 0.501. The van der Waals surface area contributed by atoms with E-state index in [1.54, 1.807) is 12.1 Å². The van der Waals surface area contributed by atoms with Crippen molar-refractivity contribution >= 4 is 0 Å². The van der Waals surface area contributed by atoms with Crippen LogP contribution in [0.2, 0.25) is 0 Å². The molecule has 2 aromatic rings. The second-order valence-corrected chi connectivity index (χ2v) is 3.99. The van der Waals surface area contributed by atoms with Crippen LogP contribution in [0.1, 0.15) is 18.1 Å². The molecule has 0 aliphatic rings. The number of hydrogen-bond donors (Lipinski definition) is 1. The first-order valence-electron chi connectivity index (χ1n) is 5.67. The molecule has 0 unspecified atom stereocenters. The number of nitrogens with zero attached hydrogens (tertiary/aromatic N) is 1. The van der Waals surface area contributed by atoms with Crippen LogP contribution in [0.15, 0.2) is 40.1 Å². The zero-order valence-electron chi connectivity index (χ0n) is 9.94. The number of benzene rings is 1. The number of halogens is 1. The van der Waals surface area contributed by atoms with Gasteiger partial charge in [0.2, 0.25) is 0 Å². The molecule has 1 N–H and O–H groups in total. The van der Waals surface area contributed by atoms with E-state index >= 15 is 0 Å². The highest BCUT2D eigenvalue weighted by molar-refractivity contribution is 5.17. The van der Waals surface area contributed by atoms with Crippen LogP contribution in [0.4, 0.5) is 4.39 Å². The standard InChI is InChI=1S/C13H13FN2O2/c1-2-10-7-15-13(18)16(12(10)17)8-9-3-5-11(14)6-4-9/h3-7H,2,8H2,1H3,(H,15,18). The molecule has 4 nitrogen and oxygen atoms in total. The third-order valence-corrected chi connectivity index (χ3v) is 2.77. The minimum Gasteiger partial charge on any atom is -0.314 e. The molecule has 0 bridgehead atoms. The number of nitrogens with one attached hydrogen (secondary N) is 1. The van der Waals surface area contributed by atoms with Crippen LogP contribution >= 0.6 is 0 Å². The van der Waals surface area contributed by atoms with Crippen molar-refractivity contribution in [2.75, 3.05) is 0 Å². The Morgan fingerprint density at radius 3 is 2.50 bits per heavy atom. The van der Waals surface area contributed by atoms with Crippen LogP contribution in [0.3, 0.4) is 0 Å². The lowest BCUT2D eigenvalue weighted by atomic mass is 10.2. The minimum atomic E-state index is -0.457. The molecule has 0 saturated carbocycles. The first-order chi connectivity index (χ1) is 8.61. The molecular formula is C13H13FN2O2. The van der Waals surface area contributed by atoms with Crippen LogP contribution in [-0.4, -0.2) is 9.55 Å². The monoisotopic (exact) mass is 248 g/mol. The van der Waals surface area contributed by atoms with E-state index < -0.39 is 5.69 Å². The Labute approximate surface area is 103 Å². The van der Waals surface area contributed by atoms with Crippen LogP contribution < -0.4 is 11.2 Å². The number of aromatic nitrogens is 2. The SMILES string of the molecule is CCc1c[nH]c(=O)n(Cc2ccc(F)cc2)c1=O. The fourth-order valence-electron chi connectivity index (χ4n) is 1.72. The van der Waals surface area contributed by atoms with Crippen molar-refractivity contribution in [3.05, 3.63) is 68.2 Å². The molecule has 0 fully saturated rings. The Balaban J connectivity index is 2.43. The maximum Gasteiger partial charge on any atom is 0.328 e. The lowest BCUT2D eigenvalue weighted by molar-refractivity contribution is 0.624. The van der Waals surface area contributed by atoms with Gasteiger partial charge in [-0.3, -0.25) is 9.36 Å². The van der Waals surface area contributed by atoms with E-state index in [0.717, 1.165) is 4.57 Å². The molecule has 94 valence electrons. The predicted octanol–water partition coefficient (Wildman–Crippen LogP) is 1.29. The highest BCUT2D eigenvalue weighted by Crippen LogP contribution is 2.03. The van der Waals surface area contributed by atoms with Crippen molar-refractivity contribution in [3.8, 4) is 0 Å². The molecule has 0 amide bonds. The van der Waals surface area contributed by atoms with Gasteiger partial charge >= 0.3 is 5.69 Å².